The standard InChI is InChI=1S/C20H30N4OS/c1-14-10-18(22-20(21-14)26-2)23-8-6-15(7-9-23)11-19(25)24-12-16-4-3-5-17(16)13-24/h10,15-17H,3-9,11-13H2,1-2H3. The fourth-order valence-electron chi connectivity index (χ4n) is 4.96. The number of carbonyl (C=O) groups is 1. The van der Waals surface area contributed by atoms with Crippen LogP contribution in [0.2, 0.25) is 0 Å². The molecule has 3 heterocycles. The van der Waals surface area contributed by atoms with Gasteiger partial charge in [0.1, 0.15) is 5.82 Å². The predicted molar refractivity (Wildman–Crippen MR) is 106 cm³/mol. The summed E-state index contributed by atoms with van der Waals surface area (Å²) in [5, 5.41) is 0.844. The van der Waals surface area contributed by atoms with Gasteiger partial charge in [0, 0.05) is 44.4 Å². The number of anilines is 1. The molecule has 0 radical (unpaired) electrons. The van der Waals surface area contributed by atoms with Crippen LogP contribution in [0.4, 0.5) is 5.82 Å². The second-order valence-electron chi connectivity index (χ2n) is 8.24. The molecule has 2 saturated heterocycles. The number of rotatable bonds is 4. The van der Waals surface area contributed by atoms with Crippen molar-refractivity contribution < 1.29 is 4.79 Å². The van der Waals surface area contributed by atoms with Crippen molar-refractivity contribution in [3.05, 3.63) is 11.8 Å². The molecular formula is C20H30N4OS. The third-order valence-corrected chi connectivity index (χ3v) is 7.03. The molecule has 0 bridgehead atoms. The van der Waals surface area contributed by atoms with Crippen LogP contribution in [0.3, 0.4) is 0 Å². The molecule has 5 nitrogen and oxygen atoms in total. The monoisotopic (exact) mass is 374 g/mol. The molecule has 2 aliphatic heterocycles. The van der Waals surface area contributed by atoms with Gasteiger partial charge in [-0.2, -0.15) is 0 Å². The van der Waals surface area contributed by atoms with E-state index in [9.17, 15) is 4.79 Å². The quantitative estimate of drug-likeness (QED) is 0.597. The maximum Gasteiger partial charge on any atom is 0.222 e. The topological polar surface area (TPSA) is 49.3 Å². The number of piperidine rings is 1. The normalized spacial score (nSPS) is 26.4. The van der Waals surface area contributed by atoms with Crippen LogP contribution >= 0.6 is 11.8 Å². The first-order chi connectivity index (χ1) is 12.6. The Labute approximate surface area is 160 Å². The van der Waals surface area contributed by atoms with Gasteiger partial charge in [-0.05, 0) is 56.6 Å². The largest absolute Gasteiger partial charge is 0.356 e. The van der Waals surface area contributed by atoms with Crippen LogP contribution in [-0.4, -0.2) is 53.2 Å². The molecule has 1 aromatic rings. The van der Waals surface area contributed by atoms with Crippen LogP contribution in [0.25, 0.3) is 0 Å². The number of aryl methyl sites for hydroxylation is 1. The van der Waals surface area contributed by atoms with E-state index >= 15 is 0 Å². The van der Waals surface area contributed by atoms with Crippen LogP contribution < -0.4 is 4.90 Å². The Kier molecular flexibility index (Phi) is 5.39. The molecule has 1 amide bonds. The first-order valence-electron chi connectivity index (χ1n) is 10.0. The average molecular weight is 375 g/mol. The summed E-state index contributed by atoms with van der Waals surface area (Å²) in [5.74, 6) is 3.57. The lowest BCUT2D eigenvalue weighted by molar-refractivity contribution is -0.131. The number of hydrogen-bond donors (Lipinski definition) is 0. The number of nitrogens with zero attached hydrogens (tertiary/aromatic N) is 4. The summed E-state index contributed by atoms with van der Waals surface area (Å²) < 4.78 is 0. The van der Waals surface area contributed by atoms with Crippen LogP contribution in [-0.2, 0) is 4.79 Å². The smallest absolute Gasteiger partial charge is 0.222 e. The Morgan fingerprint density at radius 2 is 1.85 bits per heavy atom. The fraction of sp³-hybridized carbons (Fsp3) is 0.750. The van der Waals surface area contributed by atoms with Crippen LogP contribution in [0.15, 0.2) is 11.2 Å². The summed E-state index contributed by atoms with van der Waals surface area (Å²) >= 11 is 1.59. The zero-order valence-electron chi connectivity index (χ0n) is 16.0. The molecule has 26 heavy (non-hydrogen) atoms. The zero-order chi connectivity index (χ0) is 18.1. The van der Waals surface area contributed by atoms with Crippen molar-refractivity contribution in [2.45, 2.75) is 50.6 Å². The molecule has 1 aromatic heterocycles. The van der Waals surface area contributed by atoms with Gasteiger partial charge in [0.05, 0.1) is 0 Å². The van der Waals surface area contributed by atoms with E-state index in [0.29, 0.717) is 11.8 Å². The third-order valence-electron chi connectivity index (χ3n) is 6.48. The molecule has 142 valence electrons. The van der Waals surface area contributed by atoms with Crippen LogP contribution in [0.5, 0.6) is 0 Å². The molecule has 3 fully saturated rings. The minimum absolute atomic E-state index is 0.403. The van der Waals surface area contributed by atoms with Crippen molar-refractivity contribution in [2.75, 3.05) is 37.3 Å². The summed E-state index contributed by atoms with van der Waals surface area (Å²) in [4.78, 5) is 26.3. The average Bonchev–Trinajstić information content (AvgIpc) is 3.24. The number of fused-ring (bicyclic) bond motifs is 1. The molecule has 2 atom stereocenters. The molecule has 4 rings (SSSR count). The van der Waals surface area contributed by atoms with E-state index in [0.717, 1.165) is 73.9 Å². The Hall–Kier alpha value is -1.30. The van der Waals surface area contributed by atoms with Crippen molar-refractivity contribution in [2.24, 2.45) is 17.8 Å². The van der Waals surface area contributed by atoms with Crippen molar-refractivity contribution >= 4 is 23.5 Å². The molecule has 0 N–H and O–H groups in total. The summed E-state index contributed by atoms with van der Waals surface area (Å²) in [6.07, 6.45) is 8.98. The summed E-state index contributed by atoms with van der Waals surface area (Å²) in [5.41, 5.74) is 1.02. The molecule has 1 aliphatic carbocycles. The van der Waals surface area contributed by atoms with E-state index < -0.39 is 0 Å². The lowest BCUT2D eigenvalue weighted by atomic mass is 9.93. The van der Waals surface area contributed by atoms with E-state index in [2.05, 4.69) is 25.8 Å². The van der Waals surface area contributed by atoms with Gasteiger partial charge in [-0.3, -0.25) is 4.79 Å². The van der Waals surface area contributed by atoms with E-state index in [1.807, 2.05) is 13.2 Å². The zero-order valence-corrected chi connectivity index (χ0v) is 16.8. The predicted octanol–water partition coefficient (Wildman–Crippen LogP) is 3.37. The van der Waals surface area contributed by atoms with E-state index in [-0.39, 0.29) is 0 Å². The lowest BCUT2D eigenvalue weighted by Gasteiger charge is -2.33. The van der Waals surface area contributed by atoms with Gasteiger partial charge in [-0.15, -0.1) is 0 Å². The maximum absolute atomic E-state index is 12.7. The number of likely N-dealkylation sites (tertiary alicyclic amines) is 1. The highest BCUT2D eigenvalue weighted by Gasteiger charge is 2.38. The number of carbonyl (C=O) groups excluding carboxylic acids is 1. The van der Waals surface area contributed by atoms with Crippen molar-refractivity contribution in [3.8, 4) is 0 Å². The summed E-state index contributed by atoms with van der Waals surface area (Å²) in [6.45, 7) is 6.07. The van der Waals surface area contributed by atoms with Crippen LogP contribution in [0.1, 0.15) is 44.2 Å². The Morgan fingerprint density at radius 3 is 2.50 bits per heavy atom. The SMILES string of the molecule is CSc1nc(C)cc(N2CCC(CC(=O)N3CC4CCCC4C3)CC2)n1. The summed E-state index contributed by atoms with van der Waals surface area (Å²) in [6, 6.07) is 2.08. The number of aromatic nitrogens is 2. The molecule has 0 aromatic carbocycles. The van der Waals surface area contributed by atoms with Crippen molar-refractivity contribution in [1.29, 1.82) is 0 Å². The highest BCUT2D eigenvalue weighted by atomic mass is 32.2. The summed E-state index contributed by atoms with van der Waals surface area (Å²) in [7, 11) is 0. The number of amides is 1. The maximum atomic E-state index is 12.7. The van der Waals surface area contributed by atoms with Gasteiger partial charge >= 0.3 is 0 Å². The molecule has 3 aliphatic rings. The number of thioether (sulfide) groups is 1. The fourth-order valence-corrected chi connectivity index (χ4v) is 5.38. The second-order valence-corrected chi connectivity index (χ2v) is 9.01. The van der Waals surface area contributed by atoms with Crippen LogP contribution in [0, 0.1) is 24.7 Å². The molecular weight excluding hydrogens is 344 g/mol. The van der Waals surface area contributed by atoms with E-state index in [1.54, 1.807) is 11.8 Å². The van der Waals surface area contributed by atoms with Gasteiger partial charge < -0.3 is 9.80 Å². The highest BCUT2D eigenvalue weighted by molar-refractivity contribution is 7.98. The van der Waals surface area contributed by atoms with Crippen molar-refractivity contribution in [1.82, 2.24) is 14.9 Å². The van der Waals surface area contributed by atoms with Gasteiger partial charge in [0.2, 0.25) is 5.91 Å². The van der Waals surface area contributed by atoms with Gasteiger partial charge in [0.25, 0.3) is 0 Å². The molecule has 2 unspecified atom stereocenters. The third kappa shape index (κ3) is 3.85. The molecule has 6 heteroatoms. The lowest BCUT2D eigenvalue weighted by Crippen LogP contribution is -2.37. The minimum atomic E-state index is 0.403. The Bertz CT molecular complexity index is 647. The second kappa shape index (κ2) is 7.75. The van der Waals surface area contributed by atoms with E-state index in [1.165, 1.54) is 19.3 Å². The first kappa shape index (κ1) is 18.1. The van der Waals surface area contributed by atoms with Crippen molar-refractivity contribution in [3.63, 3.8) is 0 Å². The Morgan fingerprint density at radius 1 is 1.15 bits per heavy atom. The number of hydrogen-bond acceptors (Lipinski definition) is 5. The highest BCUT2D eigenvalue weighted by Crippen LogP contribution is 2.38. The minimum Gasteiger partial charge on any atom is -0.356 e. The molecule has 1 saturated carbocycles. The first-order valence-corrected chi connectivity index (χ1v) is 11.3. The van der Waals surface area contributed by atoms with E-state index in [4.69, 9.17) is 0 Å². The molecule has 0 spiro atoms. The van der Waals surface area contributed by atoms with Gasteiger partial charge in [-0.25, -0.2) is 9.97 Å². The van der Waals surface area contributed by atoms with Gasteiger partial charge in [-0.1, -0.05) is 18.2 Å². The van der Waals surface area contributed by atoms with Gasteiger partial charge in [0.15, 0.2) is 5.16 Å². The Balaban J connectivity index is 1.28.